The topological polar surface area (TPSA) is 67.2 Å². The van der Waals surface area contributed by atoms with Crippen molar-refractivity contribution >= 4 is 50.7 Å². The number of hydrogen-bond acceptors (Lipinski definition) is 5. The smallest absolute Gasteiger partial charge is 0.273 e. The van der Waals surface area contributed by atoms with E-state index in [9.17, 15) is 9.59 Å². The third-order valence-electron chi connectivity index (χ3n) is 6.17. The summed E-state index contributed by atoms with van der Waals surface area (Å²) in [7, 11) is 0. The van der Waals surface area contributed by atoms with E-state index in [4.69, 9.17) is 16.6 Å². The van der Waals surface area contributed by atoms with E-state index in [2.05, 4.69) is 10.2 Å². The van der Waals surface area contributed by atoms with Crippen molar-refractivity contribution in [2.45, 2.75) is 26.3 Å². The van der Waals surface area contributed by atoms with Gasteiger partial charge in [-0.05, 0) is 55.0 Å². The zero-order chi connectivity index (χ0) is 23.7. The van der Waals surface area contributed by atoms with Crippen molar-refractivity contribution in [2.24, 2.45) is 5.92 Å². The van der Waals surface area contributed by atoms with E-state index < -0.39 is 0 Å². The van der Waals surface area contributed by atoms with Crippen molar-refractivity contribution in [1.82, 2.24) is 9.55 Å². The Balaban J connectivity index is 1.44. The SMILES string of the molecule is Cc1ccc(Cn2c(N3CCC[C@H](C(=O)Nc4cccc(Cl)c4)C3)nc3ccsc3c2=O)cc1. The number of carbonyl (C=O) groups is 1. The summed E-state index contributed by atoms with van der Waals surface area (Å²) < 4.78 is 2.41. The van der Waals surface area contributed by atoms with Crippen LogP contribution in [0.5, 0.6) is 0 Å². The van der Waals surface area contributed by atoms with E-state index in [0.29, 0.717) is 40.0 Å². The van der Waals surface area contributed by atoms with Gasteiger partial charge in [0.1, 0.15) is 4.70 Å². The lowest BCUT2D eigenvalue weighted by molar-refractivity contribution is -0.120. The van der Waals surface area contributed by atoms with Gasteiger partial charge in [-0.3, -0.25) is 14.2 Å². The van der Waals surface area contributed by atoms with E-state index in [1.54, 1.807) is 16.7 Å². The van der Waals surface area contributed by atoms with Gasteiger partial charge in [-0.25, -0.2) is 4.98 Å². The van der Waals surface area contributed by atoms with Gasteiger partial charge in [0.25, 0.3) is 5.56 Å². The summed E-state index contributed by atoms with van der Waals surface area (Å²) in [5.41, 5.74) is 3.56. The van der Waals surface area contributed by atoms with Gasteiger partial charge in [0.15, 0.2) is 0 Å². The standard InChI is InChI=1S/C26H25ClN4O2S/c1-17-7-9-18(10-8-17)15-31-25(33)23-22(11-13-34-23)29-26(31)30-12-3-4-19(16-30)24(32)28-21-6-2-5-20(27)14-21/h2,5-11,13-14,19H,3-4,12,15-16H2,1H3,(H,28,32)/t19-/m0/s1. The fourth-order valence-corrected chi connectivity index (χ4v) is 5.34. The first-order valence-electron chi connectivity index (χ1n) is 11.3. The third-order valence-corrected chi connectivity index (χ3v) is 7.30. The van der Waals surface area contributed by atoms with Crippen LogP contribution in [0.15, 0.2) is 64.8 Å². The van der Waals surface area contributed by atoms with Gasteiger partial charge in [-0.15, -0.1) is 11.3 Å². The molecule has 1 fully saturated rings. The summed E-state index contributed by atoms with van der Waals surface area (Å²) in [5, 5.41) is 5.46. The molecule has 0 saturated carbocycles. The monoisotopic (exact) mass is 492 g/mol. The molecular formula is C26H25ClN4O2S. The van der Waals surface area contributed by atoms with Crippen LogP contribution >= 0.6 is 22.9 Å². The van der Waals surface area contributed by atoms with Gasteiger partial charge in [0.2, 0.25) is 11.9 Å². The molecule has 0 aliphatic carbocycles. The molecule has 3 heterocycles. The molecule has 4 aromatic rings. The van der Waals surface area contributed by atoms with E-state index in [1.807, 2.05) is 54.8 Å². The highest BCUT2D eigenvalue weighted by Gasteiger charge is 2.29. The number of thiophene rings is 1. The van der Waals surface area contributed by atoms with Crippen molar-refractivity contribution < 1.29 is 4.79 Å². The van der Waals surface area contributed by atoms with Crippen LogP contribution in [0, 0.1) is 12.8 Å². The third kappa shape index (κ3) is 4.72. The van der Waals surface area contributed by atoms with Crippen molar-refractivity contribution in [2.75, 3.05) is 23.3 Å². The number of anilines is 2. The fraction of sp³-hybridized carbons (Fsp3) is 0.269. The average molecular weight is 493 g/mol. The van der Waals surface area contributed by atoms with Gasteiger partial charge < -0.3 is 10.2 Å². The minimum absolute atomic E-state index is 0.0407. The molecule has 1 saturated heterocycles. The average Bonchev–Trinajstić information content (AvgIpc) is 3.31. The lowest BCUT2D eigenvalue weighted by Gasteiger charge is -2.34. The van der Waals surface area contributed by atoms with Crippen molar-refractivity contribution in [3.63, 3.8) is 0 Å². The zero-order valence-corrected chi connectivity index (χ0v) is 20.4. The zero-order valence-electron chi connectivity index (χ0n) is 18.8. The van der Waals surface area contributed by atoms with Crippen LogP contribution in [0.2, 0.25) is 5.02 Å². The number of halogens is 1. The number of fused-ring (bicyclic) bond motifs is 1. The molecule has 2 aromatic heterocycles. The summed E-state index contributed by atoms with van der Waals surface area (Å²) in [4.78, 5) is 33.4. The molecule has 34 heavy (non-hydrogen) atoms. The summed E-state index contributed by atoms with van der Waals surface area (Å²) in [6.45, 7) is 3.73. The van der Waals surface area contributed by atoms with Gasteiger partial charge in [0.05, 0.1) is 18.0 Å². The van der Waals surface area contributed by atoms with Gasteiger partial charge in [-0.1, -0.05) is 47.5 Å². The second kappa shape index (κ2) is 9.60. The number of hydrogen-bond donors (Lipinski definition) is 1. The molecule has 1 N–H and O–H groups in total. The number of piperidine rings is 1. The number of nitrogens with zero attached hydrogens (tertiary/aromatic N) is 3. The van der Waals surface area contributed by atoms with Crippen LogP contribution in [0.1, 0.15) is 24.0 Å². The Morgan fingerprint density at radius 2 is 2.03 bits per heavy atom. The first kappa shape index (κ1) is 22.6. The maximum Gasteiger partial charge on any atom is 0.273 e. The van der Waals surface area contributed by atoms with Crippen LogP contribution in [0.4, 0.5) is 11.6 Å². The molecule has 5 rings (SSSR count). The van der Waals surface area contributed by atoms with Crippen molar-refractivity contribution in [1.29, 1.82) is 0 Å². The molecular weight excluding hydrogens is 468 g/mol. The molecule has 0 spiro atoms. The van der Waals surface area contributed by atoms with Crippen LogP contribution in [-0.4, -0.2) is 28.5 Å². The van der Waals surface area contributed by atoms with Crippen LogP contribution in [0.25, 0.3) is 10.2 Å². The van der Waals surface area contributed by atoms with Gasteiger partial charge in [0, 0.05) is 23.8 Å². The summed E-state index contributed by atoms with van der Waals surface area (Å²) in [6.07, 6.45) is 1.63. The molecule has 2 aromatic carbocycles. The summed E-state index contributed by atoms with van der Waals surface area (Å²) in [6, 6.07) is 17.2. The molecule has 1 atom stereocenters. The largest absolute Gasteiger partial charge is 0.341 e. The first-order valence-corrected chi connectivity index (χ1v) is 12.6. The predicted octanol–water partition coefficient (Wildman–Crippen LogP) is 5.32. The van der Waals surface area contributed by atoms with Crippen molar-refractivity contribution in [3.05, 3.63) is 86.5 Å². The highest BCUT2D eigenvalue weighted by atomic mass is 35.5. The highest BCUT2D eigenvalue weighted by molar-refractivity contribution is 7.17. The molecule has 1 aliphatic rings. The number of aromatic nitrogens is 2. The lowest BCUT2D eigenvalue weighted by atomic mass is 9.97. The lowest BCUT2D eigenvalue weighted by Crippen LogP contribution is -2.43. The van der Waals surface area contributed by atoms with Gasteiger partial charge in [-0.2, -0.15) is 0 Å². The number of amides is 1. The Labute approximate surface area is 206 Å². The summed E-state index contributed by atoms with van der Waals surface area (Å²) >= 11 is 7.48. The number of rotatable bonds is 5. The number of benzene rings is 2. The van der Waals surface area contributed by atoms with E-state index in [0.717, 1.165) is 24.9 Å². The molecule has 0 bridgehead atoms. The Morgan fingerprint density at radius 3 is 2.82 bits per heavy atom. The Kier molecular flexibility index (Phi) is 6.39. The van der Waals surface area contributed by atoms with Crippen LogP contribution in [-0.2, 0) is 11.3 Å². The second-order valence-corrected chi connectivity index (χ2v) is 10.1. The quantitative estimate of drug-likeness (QED) is 0.409. The molecule has 174 valence electrons. The highest BCUT2D eigenvalue weighted by Crippen LogP contribution is 2.26. The molecule has 0 unspecified atom stereocenters. The van der Waals surface area contributed by atoms with Gasteiger partial charge >= 0.3 is 0 Å². The maximum atomic E-state index is 13.4. The van der Waals surface area contributed by atoms with Crippen LogP contribution in [0.3, 0.4) is 0 Å². The Morgan fingerprint density at radius 1 is 1.21 bits per heavy atom. The predicted molar refractivity (Wildman–Crippen MR) is 139 cm³/mol. The van der Waals surface area contributed by atoms with Crippen molar-refractivity contribution in [3.8, 4) is 0 Å². The minimum atomic E-state index is -0.212. The summed E-state index contributed by atoms with van der Waals surface area (Å²) in [5.74, 6) is 0.364. The fourth-order valence-electron chi connectivity index (χ4n) is 4.38. The molecule has 6 nitrogen and oxygen atoms in total. The van der Waals surface area contributed by atoms with Crippen LogP contribution < -0.4 is 15.8 Å². The number of carbonyl (C=O) groups excluding carboxylic acids is 1. The Bertz CT molecular complexity index is 1400. The van der Waals surface area contributed by atoms with E-state index in [1.165, 1.54) is 16.9 Å². The molecule has 1 aliphatic heterocycles. The first-order chi connectivity index (χ1) is 16.5. The Hall–Kier alpha value is -3.16. The molecule has 1 amide bonds. The van der Waals surface area contributed by atoms with E-state index >= 15 is 0 Å². The number of nitrogens with one attached hydrogen (secondary N) is 1. The molecule has 8 heteroatoms. The van der Waals surface area contributed by atoms with E-state index in [-0.39, 0.29) is 17.4 Å². The number of aryl methyl sites for hydroxylation is 1. The second-order valence-electron chi connectivity index (χ2n) is 8.71. The normalized spacial score (nSPS) is 16.1. The maximum absolute atomic E-state index is 13.4. The molecule has 0 radical (unpaired) electrons. The minimum Gasteiger partial charge on any atom is -0.341 e.